The second kappa shape index (κ2) is 4.52. The Morgan fingerprint density at radius 1 is 1.38 bits per heavy atom. The standard InChI is InChI=1S/C10H11N5O/c1-2-10-12-14-15(13-10)9-5-3-8(4-6-9)11-7-16/h3-7H,2H2,1H3,(H,11,16). The van der Waals surface area contributed by atoms with Crippen LogP contribution in [-0.2, 0) is 11.2 Å². The van der Waals surface area contributed by atoms with Crippen LogP contribution in [-0.4, -0.2) is 26.6 Å². The Kier molecular flexibility index (Phi) is 2.90. The summed E-state index contributed by atoms with van der Waals surface area (Å²) < 4.78 is 0. The van der Waals surface area contributed by atoms with Crippen LogP contribution in [0.2, 0.25) is 0 Å². The third kappa shape index (κ3) is 2.05. The van der Waals surface area contributed by atoms with Gasteiger partial charge in [-0.3, -0.25) is 4.79 Å². The molecule has 0 aliphatic rings. The van der Waals surface area contributed by atoms with Gasteiger partial charge in [0.1, 0.15) is 0 Å². The predicted molar refractivity (Wildman–Crippen MR) is 58.2 cm³/mol. The van der Waals surface area contributed by atoms with E-state index in [0.29, 0.717) is 12.2 Å². The van der Waals surface area contributed by atoms with E-state index in [4.69, 9.17) is 0 Å². The van der Waals surface area contributed by atoms with Crippen molar-refractivity contribution in [2.75, 3.05) is 5.32 Å². The Balaban J connectivity index is 2.23. The second-order valence-electron chi connectivity index (χ2n) is 3.16. The lowest BCUT2D eigenvalue weighted by Crippen LogP contribution is -2.00. The van der Waals surface area contributed by atoms with Crippen molar-refractivity contribution in [3.8, 4) is 5.69 Å². The third-order valence-electron chi connectivity index (χ3n) is 2.10. The summed E-state index contributed by atoms with van der Waals surface area (Å²) in [5.74, 6) is 0.704. The molecule has 0 aliphatic heterocycles. The highest BCUT2D eigenvalue weighted by Crippen LogP contribution is 2.10. The summed E-state index contributed by atoms with van der Waals surface area (Å²) in [5.41, 5.74) is 1.54. The second-order valence-corrected chi connectivity index (χ2v) is 3.16. The van der Waals surface area contributed by atoms with E-state index >= 15 is 0 Å². The molecular formula is C10H11N5O. The first-order valence-corrected chi connectivity index (χ1v) is 4.93. The van der Waals surface area contributed by atoms with Gasteiger partial charge in [0.25, 0.3) is 0 Å². The van der Waals surface area contributed by atoms with Gasteiger partial charge in [0.15, 0.2) is 5.82 Å². The zero-order valence-electron chi connectivity index (χ0n) is 8.79. The van der Waals surface area contributed by atoms with Crippen molar-refractivity contribution in [2.45, 2.75) is 13.3 Å². The average molecular weight is 217 g/mol. The van der Waals surface area contributed by atoms with Crippen LogP contribution in [0.4, 0.5) is 5.69 Å². The molecular weight excluding hydrogens is 206 g/mol. The van der Waals surface area contributed by atoms with Gasteiger partial charge in [0.2, 0.25) is 6.41 Å². The summed E-state index contributed by atoms with van der Waals surface area (Å²) in [5, 5.41) is 14.5. The van der Waals surface area contributed by atoms with E-state index in [9.17, 15) is 4.79 Å². The zero-order chi connectivity index (χ0) is 11.4. The molecule has 0 saturated carbocycles. The molecule has 1 amide bonds. The Morgan fingerprint density at radius 2 is 2.12 bits per heavy atom. The van der Waals surface area contributed by atoms with E-state index in [1.165, 1.54) is 4.80 Å². The van der Waals surface area contributed by atoms with E-state index in [-0.39, 0.29) is 0 Å². The number of nitrogens with zero attached hydrogens (tertiary/aromatic N) is 4. The van der Waals surface area contributed by atoms with Crippen molar-refractivity contribution >= 4 is 12.1 Å². The maximum absolute atomic E-state index is 10.2. The SMILES string of the molecule is CCc1nnn(-c2ccc(NC=O)cc2)n1. The van der Waals surface area contributed by atoms with E-state index in [1.54, 1.807) is 12.1 Å². The number of carbonyl (C=O) groups is 1. The molecule has 6 heteroatoms. The summed E-state index contributed by atoms with van der Waals surface area (Å²) in [6, 6.07) is 7.18. The summed E-state index contributed by atoms with van der Waals surface area (Å²) in [4.78, 5) is 11.7. The molecule has 2 aromatic rings. The molecule has 0 saturated heterocycles. The minimum Gasteiger partial charge on any atom is -0.329 e. The number of anilines is 1. The predicted octanol–water partition coefficient (Wildman–Crippen LogP) is 0.793. The molecule has 1 aromatic carbocycles. The molecule has 1 N–H and O–H groups in total. The first-order chi connectivity index (χ1) is 7.83. The van der Waals surface area contributed by atoms with Gasteiger partial charge >= 0.3 is 0 Å². The van der Waals surface area contributed by atoms with Crippen LogP contribution in [0, 0.1) is 0 Å². The van der Waals surface area contributed by atoms with Crippen molar-refractivity contribution in [3.05, 3.63) is 30.1 Å². The quantitative estimate of drug-likeness (QED) is 0.768. The topological polar surface area (TPSA) is 72.7 Å². The molecule has 0 atom stereocenters. The van der Waals surface area contributed by atoms with E-state index in [2.05, 4.69) is 20.7 Å². The number of rotatable bonds is 4. The van der Waals surface area contributed by atoms with Crippen molar-refractivity contribution in [2.24, 2.45) is 0 Å². The maximum Gasteiger partial charge on any atom is 0.211 e. The normalized spacial score (nSPS) is 10.1. The summed E-state index contributed by atoms with van der Waals surface area (Å²) >= 11 is 0. The fourth-order valence-electron chi connectivity index (χ4n) is 1.25. The van der Waals surface area contributed by atoms with Gasteiger partial charge in [-0.15, -0.1) is 15.0 Å². The Bertz CT molecular complexity index is 476. The lowest BCUT2D eigenvalue weighted by Gasteiger charge is -2.00. The van der Waals surface area contributed by atoms with Crippen LogP contribution in [0.5, 0.6) is 0 Å². The number of hydrogen-bond donors (Lipinski definition) is 1. The number of aryl methyl sites for hydroxylation is 1. The van der Waals surface area contributed by atoms with Crippen molar-refractivity contribution in [3.63, 3.8) is 0 Å². The fraction of sp³-hybridized carbons (Fsp3) is 0.200. The van der Waals surface area contributed by atoms with E-state index < -0.39 is 0 Å². The number of nitrogens with one attached hydrogen (secondary N) is 1. The number of tetrazole rings is 1. The minimum atomic E-state index is 0.637. The third-order valence-corrected chi connectivity index (χ3v) is 2.10. The number of carbonyl (C=O) groups excluding carboxylic acids is 1. The first kappa shape index (κ1) is 10.3. The number of hydrogen-bond acceptors (Lipinski definition) is 4. The summed E-state index contributed by atoms with van der Waals surface area (Å²) in [6.45, 7) is 1.97. The van der Waals surface area contributed by atoms with Crippen molar-refractivity contribution < 1.29 is 4.79 Å². The van der Waals surface area contributed by atoms with Gasteiger partial charge in [0.05, 0.1) is 5.69 Å². The first-order valence-electron chi connectivity index (χ1n) is 4.93. The Morgan fingerprint density at radius 3 is 2.69 bits per heavy atom. The van der Waals surface area contributed by atoms with Gasteiger partial charge in [-0.1, -0.05) is 6.92 Å². The average Bonchev–Trinajstić information content (AvgIpc) is 2.79. The number of benzene rings is 1. The Labute approximate surface area is 92.3 Å². The summed E-state index contributed by atoms with van der Waals surface area (Å²) in [6.07, 6.45) is 1.39. The zero-order valence-corrected chi connectivity index (χ0v) is 8.79. The van der Waals surface area contributed by atoms with Crippen molar-refractivity contribution in [1.82, 2.24) is 20.2 Å². The molecule has 0 fully saturated rings. The highest BCUT2D eigenvalue weighted by Gasteiger charge is 2.02. The van der Waals surface area contributed by atoms with Crippen LogP contribution in [0.15, 0.2) is 24.3 Å². The maximum atomic E-state index is 10.2. The minimum absolute atomic E-state index is 0.637. The van der Waals surface area contributed by atoms with E-state index in [1.807, 2.05) is 19.1 Å². The lowest BCUT2D eigenvalue weighted by atomic mass is 10.3. The van der Waals surface area contributed by atoms with Crippen LogP contribution in [0.25, 0.3) is 5.69 Å². The van der Waals surface area contributed by atoms with Gasteiger partial charge in [-0.05, 0) is 29.5 Å². The van der Waals surface area contributed by atoms with Gasteiger partial charge < -0.3 is 5.32 Å². The fourth-order valence-corrected chi connectivity index (χ4v) is 1.25. The smallest absolute Gasteiger partial charge is 0.211 e. The van der Waals surface area contributed by atoms with Crippen LogP contribution in [0.3, 0.4) is 0 Å². The summed E-state index contributed by atoms with van der Waals surface area (Å²) in [7, 11) is 0. The highest BCUT2D eigenvalue weighted by atomic mass is 16.1. The van der Waals surface area contributed by atoms with Crippen LogP contribution >= 0.6 is 0 Å². The molecule has 16 heavy (non-hydrogen) atoms. The van der Waals surface area contributed by atoms with Crippen LogP contribution < -0.4 is 5.32 Å². The molecule has 0 spiro atoms. The molecule has 6 nitrogen and oxygen atoms in total. The molecule has 1 aromatic heterocycles. The molecule has 2 rings (SSSR count). The van der Waals surface area contributed by atoms with Gasteiger partial charge in [0, 0.05) is 12.1 Å². The monoisotopic (exact) mass is 217 g/mol. The molecule has 0 aliphatic carbocycles. The number of aromatic nitrogens is 4. The van der Waals surface area contributed by atoms with Crippen LogP contribution in [0.1, 0.15) is 12.7 Å². The van der Waals surface area contributed by atoms with E-state index in [0.717, 1.165) is 17.8 Å². The number of amides is 1. The Hall–Kier alpha value is -2.24. The molecule has 0 bridgehead atoms. The molecule has 1 heterocycles. The molecule has 0 radical (unpaired) electrons. The molecule has 82 valence electrons. The highest BCUT2D eigenvalue weighted by molar-refractivity contribution is 5.71. The van der Waals surface area contributed by atoms with Crippen molar-refractivity contribution in [1.29, 1.82) is 0 Å². The van der Waals surface area contributed by atoms with Gasteiger partial charge in [-0.2, -0.15) is 0 Å². The van der Waals surface area contributed by atoms with Gasteiger partial charge in [-0.25, -0.2) is 0 Å². The largest absolute Gasteiger partial charge is 0.329 e. The lowest BCUT2D eigenvalue weighted by molar-refractivity contribution is -0.105. The molecule has 0 unspecified atom stereocenters.